The molecule has 73 valence electrons. The van der Waals surface area contributed by atoms with Gasteiger partial charge in [-0.2, -0.15) is 0 Å². The highest BCUT2D eigenvalue weighted by Crippen LogP contribution is 2.13. The van der Waals surface area contributed by atoms with E-state index in [2.05, 4.69) is 53.8 Å². The van der Waals surface area contributed by atoms with Crippen LogP contribution in [0.15, 0.2) is 36.4 Å². The lowest BCUT2D eigenvalue weighted by molar-refractivity contribution is 0.676. The average molecular weight is 227 g/mol. The van der Waals surface area contributed by atoms with Gasteiger partial charge in [-0.3, -0.25) is 0 Å². The molecule has 0 aliphatic rings. The summed E-state index contributed by atoms with van der Waals surface area (Å²) in [6.07, 6.45) is 1.04. The second kappa shape index (κ2) is 4.74. The van der Waals surface area contributed by atoms with Gasteiger partial charge in [0.05, 0.1) is 0 Å². The number of benzene rings is 2. The summed E-state index contributed by atoms with van der Waals surface area (Å²) in [6.45, 7) is 2.17. The Morgan fingerprint density at radius 2 is 2.00 bits per heavy atom. The summed E-state index contributed by atoms with van der Waals surface area (Å²) < 4.78 is 5.11. The molecule has 5 radical (unpaired) electrons. The fourth-order valence-electron chi connectivity index (χ4n) is 1.78. The molecule has 2 aromatic carbocycles. The van der Waals surface area contributed by atoms with Crippen molar-refractivity contribution in [3.8, 4) is 0 Å². The van der Waals surface area contributed by atoms with Crippen LogP contribution in [-0.2, 0) is 10.5 Å². The van der Waals surface area contributed by atoms with Gasteiger partial charge in [-0.05, 0) is 27.9 Å². The lowest BCUT2D eigenvalue weighted by Gasteiger charge is -2.09. The standard InChI is InChI=1S/C12H11OSi2/c1-2-9-7-8-10-5-3-4-6-11(10)12(9)15-13-14/h3-8H,2H2,1H3. The quantitative estimate of drug-likeness (QED) is 0.726. The molecular formula is C12H11OSi2. The van der Waals surface area contributed by atoms with Gasteiger partial charge in [0, 0.05) is 0 Å². The summed E-state index contributed by atoms with van der Waals surface area (Å²) in [5, 5.41) is 3.89. The Balaban J connectivity index is 2.67. The fraction of sp³-hybridized carbons (Fsp3) is 0.167. The van der Waals surface area contributed by atoms with E-state index in [0.717, 1.165) is 6.42 Å². The van der Waals surface area contributed by atoms with Crippen molar-refractivity contribution in [2.75, 3.05) is 0 Å². The molecule has 0 spiro atoms. The molecule has 15 heavy (non-hydrogen) atoms. The molecule has 2 rings (SSSR count). The molecule has 0 atom stereocenters. The minimum atomic E-state index is 0.360. The van der Waals surface area contributed by atoms with Gasteiger partial charge in [0.25, 0.3) is 9.76 Å². The summed E-state index contributed by atoms with van der Waals surface area (Å²) in [7, 11) is 3.46. The first-order valence-corrected chi connectivity index (χ1v) is 6.27. The molecular weight excluding hydrogens is 216 g/mol. The largest absolute Gasteiger partial charge is 0.454 e. The molecule has 0 aromatic heterocycles. The van der Waals surface area contributed by atoms with Crippen molar-refractivity contribution in [3.05, 3.63) is 42.0 Å². The van der Waals surface area contributed by atoms with E-state index in [9.17, 15) is 0 Å². The Kier molecular flexibility index (Phi) is 3.35. The third-order valence-corrected chi connectivity index (χ3v) is 3.75. The number of hydrogen-bond donors (Lipinski definition) is 0. The predicted octanol–water partition coefficient (Wildman–Crippen LogP) is 1.75. The fourth-order valence-corrected chi connectivity index (χ4v) is 2.92. The molecule has 0 fully saturated rings. The smallest absolute Gasteiger partial charge is 0.257 e. The molecule has 0 aliphatic carbocycles. The molecule has 0 saturated carbocycles. The van der Waals surface area contributed by atoms with Crippen LogP contribution in [0.3, 0.4) is 0 Å². The normalized spacial score (nSPS) is 10.8. The van der Waals surface area contributed by atoms with E-state index in [-0.39, 0.29) is 0 Å². The lowest BCUT2D eigenvalue weighted by Crippen LogP contribution is -2.22. The summed E-state index contributed by atoms with van der Waals surface area (Å²) >= 11 is 0. The second-order valence-corrected chi connectivity index (χ2v) is 4.90. The third-order valence-electron chi connectivity index (χ3n) is 2.55. The van der Waals surface area contributed by atoms with Crippen molar-refractivity contribution in [2.45, 2.75) is 13.3 Å². The van der Waals surface area contributed by atoms with Crippen molar-refractivity contribution in [1.82, 2.24) is 0 Å². The zero-order valence-corrected chi connectivity index (χ0v) is 10.6. The minimum Gasteiger partial charge on any atom is -0.454 e. The minimum absolute atomic E-state index is 0.360. The van der Waals surface area contributed by atoms with Crippen LogP contribution < -0.4 is 5.19 Å². The Morgan fingerprint density at radius 1 is 1.20 bits per heavy atom. The van der Waals surface area contributed by atoms with Crippen molar-refractivity contribution in [1.29, 1.82) is 0 Å². The van der Waals surface area contributed by atoms with Gasteiger partial charge in [-0.1, -0.05) is 43.3 Å². The molecule has 2 aromatic rings. The Bertz CT molecular complexity index is 468. The van der Waals surface area contributed by atoms with Crippen molar-refractivity contribution >= 4 is 36.2 Å². The van der Waals surface area contributed by atoms with E-state index in [1.54, 1.807) is 0 Å². The monoisotopic (exact) mass is 227 g/mol. The van der Waals surface area contributed by atoms with Gasteiger partial charge < -0.3 is 4.12 Å². The Morgan fingerprint density at radius 3 is 2.73 bits per heavy atom. The SMILES string of the molecule is CCc1ccc2ccccc2c1[Si]O[Si]. The maximum Gasteiger partial charge on any atom is 0.257 e. The zero-order valence-electron chi connectivity index (χ0n) is 8.58. The first kappa shape index (κ1) is 10.6. The van der Waals surface area contributed by atoms with Gasteiger partial charge in [0.2, 0.25) is 10.5 Å². The van der Waals surface area contributed by atoms with E-state index in [0.29, 0.717) is 9.76 Å². The van der Waals surface area contributed by atoms with Gasteiger partial charge in [-0.25, -0.2) is 0 Å². The summed E-state index contributed by atoms with van der Waals surface area (Å²) in [5.74, 6) is 0. The van der Waals surface area contributed by atoms with Crippen LogP contribution in [0.1, 0.15) is 12.5 Å². The molecule has 0 aliphatic heterocycles. The average Bonchev–Trinajstić information content (AvgIpc) is 2.30. The topological polar surface area (TPSA) is 9.23 Å². The van der Waals surface area contributed by atoms with E-state index < -0.39 is 0 Å². The van der Waals surface area contributed by atoms with Gasteiger partial charge >= 0.3 is 0 Å². The number of aryl methyl sites for hydroxylation is 1. The van der Waals surface area contributed by atoms with Gasteiger partial charge in [0.15, 0.2) is 0 Å². The van der Waals surface area contributed by atoms with Gasteiger partial charge in [-0.15, -0.1) is 0 Å². The summed E-state index contributed by atoms with van der Waals surface area (Å²) in [6, 6.07) is 12.8. The highest BCUT2D eigenvalue weighted by molar-refractivity contribution is 6.55. The lowest BCUT2D eigenvalue weighted by atomic mass is 10.1. The van der Waals surface area contributed by atoms with E-state index >= 15 is 0 Å². The molecule has 0 saturated heterocycles. The first-order chi connectivity index (χ1) is 7.36. The highest BCUT2D eigenvalue weighted by atomic mass is 28.3. The van der Waals surface area contributed by atoms with Crippen LogP contribution in [0.4, 0.5) is 0 Å². The molecule has 0 N–H and O–H groups in total. The maximum absolute atomic E-state index is 5.11. The maximum atomic E-state index is 5.11. The van der Waals surface area contributed by atoms with Crippen LogP contribution in [0.25, 0.3) is 10.8 Å². The van der Waals surface area contributed by atoms with Crippen LogP contribution in [-0.4, -0.2) is 20.2 Å². The van der Waals surface area contributed by atoms with E-state index in [1.165, 1.54) is 21.5 Å². The molecule has 0 bridgehead atoms. The second-order valence-electron chi connectivity index (χ2n) is 3.38. The van der Waals surface area contributed by atoms with E-state index in [4.69, 9.17) is 4.12 Å². The molecule has 0 unspecified atom stereocenters. The van der Waals surface area contributed by atoms with Crippen molar-refractivity contribution < 1.29 is 4.12 Å². The van der Waals surface area contributed by atoms with Crippen LogP contribution in [0, 0.1) is 0 Å². The molecule has 0 heterocycles. The van der Waals surface area contributed by atoms with Crippen LogP contribution in [0.5, 0.6) is 0 Å². The van der Waals surface area contributed by atoms with Crippen molar-refractivity contribution in [2.24, 2.45) is 0 Å². The van der Waals surface area contributed by atoms with E-state index in [1.807, 2.05) is 0 Å². The summed E-state index contributed by atoms with van der Waals surface area (Å²) in [5.41, 5.74) is 1.37. The molecule has 1 nitrogen and oxygen atoms in total. The first-order valence-electron chi connectivity index (χ1n) is 4.96. The third kappa shape index (κ3) is 2.04. The summed E-state index contributed by atoms with van der Waals surface area (Å²) in [4.78, 5) is 0. The predicted molar refractivity (Wildman–Crippen MR) is 65.6 cm³/mol. The van der Waals surface area contributed by atoms with Crippen LogP contribution in [0.2, 0.25) is 0 Å². The Labute approximate surface area is 95.9 Å². The van der Waals surface area contributed by atoms with Gasteiger partial charge in [0.1, 0.15) is 0 Å². The number of rotatable bonds is 3. The highest BCUT2D eigenvalue weighted by Gasteiger charge is 2.06. The number of fused-ring (bicyclic) bond motifs is 1. The van der Waals surface area contributed by atoms with Crippen molar-refractivity contribution in [3.63, 3.8) is 0 Å². The molecule has 3 heteroatoms. The molecule has 0 amide bonds. The Hall–Kier alpha value is -0.906. The number of hydrogen-bond acceptors (Lipinski definition) is 1. The van der Waals surface area contributed by atoms with Crippen LogP contribution >= 0.6 is 0 Å². The zero-order chi connectivity index (χ0) is 10.7.